The van der Waals surface area contributed by atoms with E-state index in [0.717, 1.165) is 50.1 Å². The van der Waals surface area contributed by atoms with Crippen LogP contribution in [-0.4, -0.2) is 61.0 Å². The van der Waals surface area contributed by atoms with Gasteiger partial charge in [-0.1, -0.05) is 44.2 Å². The summed E-state index contributed by atoms with van der Waals surface area (Å²) in [6.07, 6.45) is 6.54. The summed E-state index contributed by atoms with van der Waals surface area (Å²) in [7, 11) is 0. The summed E-state index contributed by atoms with van der Waals surface area (Å²) in [4.78, 5) is 29.2. The molecule has 2 aromatic rings. The number of hydrogen-bond acceptors (Lipinski definition) is 7. The maximum absolute atomic E-state index is 12.9. The van der Waals surface area contributed by atoms with Crippen molar-refractivity contribution >= 4 is 17.7 Å². The molecule has 0 N–H and O–H groups in total. The van der Waals surface area contributed by atoms with Crippen LogP contribution in [0.1, 0.15) is 52.0 Å². The van der Waals surface area contributed by atoms with E-state index in [9.17, 15) is 4.79 Å². The Balaban J connectivity index is 0.978. The second-order valence-corrected chi connectivity index (χ2v) is 12.9. The molecule has 0 unspecified atom stereocenters. The fourth-order valence-electron chi connectivity index (χ4n) is 7.90. The number of para-hydroxylation sites is 1. The zero-order valence-corrected chi connectivity index (χ0v) is 24.8. The highest BCUT2D eigenvalue weighted by Crippen LogP contribution is 2.60. The molecule has 42 heavy (non-hydrogen) atoms. The first kappa shape index (κ1) is 27.9. The van der Waals surface area contributed by atoms with Crippen molar-refractivity contribution in [3.05, 3.63) is 66.2 Å². The van der Waals surface area contributed by atoms with Crippen LogP contribution in [0, 0.1) is 23.7 Å². The Morgan fingerprint density at radius 2 is 1.69 bits per heavy atom. The van der Waals surface area contributed by atoms with Crippen molar-refractivity contribution in [2.75, 3.05) is 31.1 Å². The third kappa shape index (κ3) is 4.92. The molecule has 0 aromatic heterocycles. The van der Waals surface area contributed by atoms with Crippen LogP contribution in [0.25, 0.3) is 6.08 Å². The number of anilines is 1. The molecule has 8 heteroatoms. The van der Waals surface area contributed by atoms with Crippen LogP contribution >= 0.6 is 0 Å². The minimum atomic E-state index is -0.802. The third-order valence-corrected chi connectivity index (χ3v) is 10.4. The SMILES string of the molecule is C[C@H]1[C@@H](Oc2ccc(/C=C/C(=O)N3CCN(c4ccccc4)CC3)cc2)O[C@@H]2O[C@@]3(C)CC[C@H]4[C@H](C)CC[C@@H]1[C@@]24OO3. The number of hydrogen-bond donors (Lipinski definition) is 0. The van der Waals surface area contributed by atoms with Crippen molar-refractivity contribution < 1.29 is 28.8 Å². The Labute approximate surface area is 248 Å². The topological polar surface area (TPSA) is 69.7 Å². The van der Waals surface area contributed by atoms with Gasteiger partial charge in [0.1, 0.15) is 5.75 Å². The summed E-state index contributed by atoms with van der Waals surface area (Å²) in [5.41, 5.74) is 1.56. The molecule has 6 aliphatic rings. The molecule has 8 atom stereocenters. The minimum absolute atomic E-state index is 0.0408. The lowest BCUT2D eigenvalue weighted by Gasteiger charge is -2.60. The van der Waals surface area contributed by atoms with Gasteiger partial charge in [-0.05, 0) is 73.9 Å². The molecule has 1 saturated carbocycles. The molecule has 6 fully saturated rings. The zero-order valence-electron chi connectivity index (χ0n) is 24.8. The van der Waals surface area contributed by atoms with Crippen LogP contribution in [0.5, 0.6) is 5.75 Å². The lowest BCUT2D eigenvalue weighted by Crippen LogP contribution is -2.70. The second kappa shape index (κ2) is 11.0. The van der Waals surface area contributed by atoms with E-state index in [1.807, 2.05) is 48.2 Å². The van der Waals surface area contributed by atoms with Gasteiger partial charge in [0.25, 0.3) is 0 Å². The molecule has 1 spiro atoms. The number of piperazine rings is 1. The molecule has 2 bridgehead atoms. The predicted octanol–water partition coefficient (Wildman–Crippen LogP) is 5.64. The van der Waals surface area contributed by atoms with E-state index in [0.29, 0.717) is 24.9 Å². The van der Waals surface area contributed by atoms with Crippen molar-refractivity contribution in [2.45, 2.75) is 70.4 Å². The minimum Gasteiger partial charge on any atom is -0.465 e. The van der Waals surface area contributed by atoms with Crippen molar-refractivity contribution in [3.8, 4) is 5.75 Å². The maximum Gasteiger partial charge on any atom is 0.246 e. The fraction of sp³-hybridized carbons (Fsp3) is 0.559. The number of carbonyl (C=O) groups excluding carboxylic acids is 1. The average molecular weight is 575 g/mol. The summed E-state index contributed by atoms with van der Waals surface area (Å²) >= 11 is 0. The average Bonchev–Trinajstić information content (AvgIpc) is 3.25. The largest absolute Gasteiger partial charge is 0.465 e. The quantitative estimate of drug-likeness (QED) is 0.338. The van der Waals surface area contributed by atoms with Gasteiger partial charge < -0.3 is 24.0 Å². The van der Waals surface area contributed by atoms with Crippen LogP contribution in [0.4, 0.5) is 5.69 Å². The molecule has 0 radical (unpaired) electrons. The normalized spacial score (nSPS) is 37.8. The summed E-state index contributed by atoms with van der Waals surface area (Å²) < 4.78 is 19.4. The molecule has 1 amide bonds. The zero-order chi connectivity index (χ0) is 28.9. The van der Waals surface area contributed by atoms with E-state index in [-0.39, 0.29) is 17.7 Å². The molecule has 5 heterocycles. The second-order valence-electron chi connectivity index (χ2n) is 12.9. The molecule has 5 aliphatic heterocycles. The van der Waals surface area contributed by atoms with Crippen molar-refractivity contribution in [3.63, 3.8) is 0 Å². The van der Waals surface area contributed by atoms with E-state index in [4.69, 9.17) is 24.0 Å². The Hall–Kier alpha value is -2.91. The van der Waals surface area contributed by atoms with Gasteiger partial charge in [-0.2, -0.15) is 0 Å². The van der Waals surface area contributed by atoms with E-state index < -0.39 is 24.0 Å². The number of benzene rings is 2. The Morgan fingerprint density at radius 1 is 0.929 bits per heavy atom. The lowest BCUT2D eigenvalue weighted by atomic mass is 9.58. The summed E-state index contributed by atoms with van der Waals surface area (Å²) in [5.74, 6) is 1.14. The van der Waals surface area contributed by atoms with Crippen LogP contribution < -0.4 is 9.64 Å². The van der Waals surface area contributed by atoms with Gasteiger partial charge in [0.05, 0.1) is 0 Å². The number of amides is 1. The van der Waals surface area contributed by atoms with Crippen LogP contribution in [0.15, 0.2) is 60.7 Å². The van der Waals surface area contributed by atoms with Crippen LogP contribution in [-0.2, 0) is 24.0 Å². The van der Waals surface area contributed by atoms with E-state index >= 15 is 0 Å². The molecular formula is C34H42N2O6. The Bertz CT molecular complexity index is 1290. The van der Waals surface area contributed by atoms with E-state index in [1.165, 1.54) is 5.69 Å². The summed E-state index contributed by atoms with van der Waals surface area (Å²) in [6, 6.07) is 18.2. The standard InChI is InChI=1S/C34H42N2O6/c1-23-9-15-29-24(2)31(39-32-34(29)28(23)17-18-33(3,40-32)41-42-34)38-27-13-10-25(11-14-27)12-16-30(37)36-21-19-35(20-22-36)26-7-5-4-6-8-26/h4-8,10-14,16,23-24,28-29,31-32H,9,15,17-22H2,1-3H3/b16-12+/t23-,24-,28+,29+,31+,32-,33-,34-/m1/s1. The van der Waals surface area contributed by atoms with Gasteiger partial charge >= 0.3 is 0 Å². The lowest BCUT2D eigenvalue weighted by molar-refractivity contribution is -0.575. The molecule has 1 aliphatic carbocycles. The van der Waals surface area contributed by atoms with Gasteiger partial charge in [0.15, 0.2) is 11.9 Å². The maximum atomic E-state index is 12.9. The number of rotatable bonds is 5. The Morgan fingerprint density at radius 3 is 2.45 bits per heavy atom. The monoisotopic (exact) mass is 574 g/mol. The van der Waals surface area contributed by atoms with E-state index in [2.05, 4.69) is 43.0 Å². The van der Waals surface area contributed by atoms with Crippen molar-refractivity contribution in [1.29, 1.82) is 0 Å². The highest BCUT2D eigenvalue weighted by atomic mass is 17.3. The first-order chi connectivity index (χ1) is 20.3. The van der Waals surface area contributed by atoms with Gasteiger partial charge in [-0.25, -0.2) is 9.78 Å². The molecule has 5 saturated heterocycles. The third-order valence-electron chi connectivity index (χ3n) is 10.4. The van der Waals surface area contributed by atoms with Crippen molar-refractivity contribution in [2.24, 2.45) is 23.7 Å². The molecule has 8 rings (SSSR count). The van der Waals surface area contributed by atoms with Crippen LogP contribution in [0.2, 0.25) is 0 Å². The summed E-state index contributed by atoms with van der Waals surface area (Å²) in [6.45, 7) is 9.56. The predicted molar refractivity (Wildman–Crippen MR) is 158 cm³/mol. The number of fused-ring (bicyclic) bond motifs is 2. The number of nitrogens with zero attached hydrogens (tertiary/aromatic N) is 2. The summed E-state index contributed by atoms with van der Waals surface area (Å²) in [5, 5.41) is 0. The highest BCUT2D eigenvalue weighted by molar-refractivity contribution is 5.92. The van der Waals surface area contributed by atoms with Gasteiger partial charge in [-0.15, -0.1) is 0 Å². The Kier molecular flexibility index (Phi) is 7.29. The van der Waals surface area contributed by atoms with E-state index in [1.54, 1.807) is 6.08 Å². The molecular weight excluding hydrogens is 532 g/mol. The first-order valence-corrected chi connectivity index (χ1v) is 15.6. The van der Waals surface area contributed by atoms with Gasteiger partial charge in [-0.3, -0.25) is 4.79 Å². The number of carbonyl (C=O) groups is 1. The molecule has 8 nitrogen and oxygen atoms in total. The highest BCUT2D eigenvalue weighted by Gasteiger charge is 2.69. The fourth-order valence-corrected chi connectivity index (χ4v) is 7.90. The number of ether oxygens (including phenoxy) is 3. The molecule has 224 valence electrons. The van der Waals surface area contributed by atoms with Gasteiger partial charge in [0, 0.05) is 56.2 Å². The smallest absolute Gasteiger partial charge is 0.246 e. The van der Waals surface area contributed by atoms with Crippen LogP contribution in [0.3, 0.4) is 0 Å². The van der Waals surface area contributed by atoms with Gasteiger partial charge in [0.2, 0.25) is 18.0 Å². The first-order valence-electron chi connectivity index (χ1n) is 15.6. The molecule has 2 aromatic carbocycles. The van der Waals surface area contributed by atoms with Crippen molar-refractivity contribution in [1.82, 2.24) is 4.90 Å².